The van der Waals surface area contributed by atoms with E-state index in [4.69, 9.17) is 10.5 Å². The maximum absolute atomic E-state index is 12.6. The summed E-state index contributed by atoms with van der Waals surface area (Å²) in [6, 6.07) is 16.8. The molecule has 2 amide bonds. The Hall–Kier alpha value is -2.57. The van der Waals surface area contributed by atoms with Gasteiger partial charge in [-0.15, -0.1) is 12.4 Å². The summed E-state index contributed by atoms with van der Waals surface area (Å²) in [5.74, 6) is 0.683. The average Bonchev–Trinajstić information content (AvgIpc) is 2.75. The molecule has 3 N–H and O–H groups in total. The molecule has 7 heteroatoms. The first-order chi connectivity index (χ1) is 14.1. The van der Waals surface area contributed by atoms with Gasteiger partial charge in [0.25, 0.3) is 0 Å². The Morgan fingerprint density at radius 1 is 1.10 bits per heavy atom. The fraction of sp³-hybridized carbons (Fsp3) is 0.391. The number of carbonyl (C=O) groups is 2. The number of halogens is 1. The lowest BCUT2D eigenvalue weighted by Gasteiger charge is -2.33. The maximum atomic E-state index is 12.6. The minimum atomic E-state index is -0.567. The number of hydrogen-bond donors (Lipinski definition) is 2. The Kier molecular flexibility index (Phi) is 9.15. The summed E-state index contributed by atoms with van der Waals surface area (Å²) in [5, 5.41) is 3.04. The van der Waals surface area contributed by atoms with Gasteiger partial charge in [-0.2, -0.15) is 0 Å². The highest BCUT2D eigenvalue weighted by atomic mass is 35.5. The molecule has 3 rings (SSSR count). The number of hydrogen-bond acceptors (Lipinski definition) is 4. The number of nitrogens with zero attached hydrogens (tertiary/aromatic N) is 1. The molecule has 0 spiro atoms. The van der Waals surface area contributed by atoms with Crippen LogP contribution in [0.3, 0.4) is 0 Å². The van der Waals surface area contributed by atoms with Gasteiger partial charge >= 0.3 is 0 Å². The number of methoxy groups -OCH3 is 1. The Morgan fingerprint density at radius 3 is 2.40 bits per heavy atom. The van der Waals surface area contributed by atoms with Crippen LogP contribution in [-0.4, -0.2) is 49.0 Å². The molecule has 0 aromatic heterocycles. The van der Waals surface area contributed by atoms with Crippen molar-refractivity contribution in [2.75, 3.05) is 20.2 Å². The summed E-state index contributed by atoms with van der Waals surface area (Å²) >= 11 is 0. The monoisotopic (exact) mass is 431 g/mol. The molecular formula is C23H30ClN3O3. The number of nitrogens with two attached hydrogens (primary N) is 1. The largest absolute Gasteiger partial charge is 0.496 e. The van der Waals surface area contributed by atoms with Crippen molar-refractivity contribution in [3.05, 3.63) is 65.7 Å². The summed E-state index contributed by atoms with van der Waals surface area (Å²) in [7, 11) is 1.61. The van der Waals surface area contributed by atoms with Gasteiger partial charge in [-0.3, -0.25) is 9.59 Å². The van der Waals surface area contributed by atoms with E-state index in [0.29, 0.717) is 25.9 Å². The summed E-state index contributed by atoms with van der Waals surface area (Å²) < 4.78 is 5.33. The summed E-state index contributed by atoms with van der Waals surface area (Å²) in [6.45, 7) is 1.26. The maximum Gasteiger partial charge on any atom is 0.237 e. The molecule has 1 saturated heterocycles. The van der Waals surface area contributed by atoms with E-state index in [1.807, 2.05) is 59.5 Å². The van der Waals surface area contributed by atoms with E-state index in [2.05, 4.69) is 5.32 Å². The highest BCUT2D eigenvalue weighted by molar-refractivity contribution is 5.85. The zero-order valence-corrected chi connectivity index (χ0v) is 18.1. The van der Waals surface area contributed by atoms with Crippen molar-refractivity contribution < 1.29 is 14.3 Å². The van der Waals surface area contributed by atoms with Gasteiger partial charge in [0.2, 0.25) is 11.8 Å². The lowest BCUT2D eigenvalue weighted by molar-refractivity contribution is -0.131. The number of amides is 2. The molecule has 0 unspecified atom stereocenters. The number of nitrogens with one attached hydrogen (secondary N) is 1. The Labute approximate surface area is 184 Å². The molecule has 2 aromatic carbocycles. The van der Waals surface area contributed by atoms with Gasteiger partial charge < -0.3 is 20.7 Å². The summed E-state index contributed by atoms with van der Waals surface area (Å²) in [5.41, 5.74) is 8.01. The van der Waals surface area contributed by atoms with Crippen LogP contribution in [0.15, 0.2) is 54.6 Å². The van der Waals surface area contributed by atoms with Crippen molar-refractivity contribution in [3.8, 4) is 5.75 Å². The second-order valence-electron chi connectivity index (χ2n) is 7.45. The molecule has 0 aliphatic carbocycles. The zero-order chi connectivity index (χ0) is 20.6. The van der Waals surface area contributed by atoms with Crippen LogP contribution in [0.5, 0.6) is 5.75 Å². The second-order valence-corrected chi connectivity index (χ2v) is 7.45. The van der Waals surface area contributed by atoms with E-state index in [-0.39, 0.29) is 30.3 Å². The molecule has 0 bridgehead atoms. The first-order valence-electron chi connectivity index (χ1n) is 10.1. The van der Waals surface area contributed by atoms with Crippen molar-refractivity contribution in [2.24, 2.45) is 5.73 Å². The molecule has 1 heterocycles. The van der Waals surface area contributed by atoms with Crippen molar-refractivity contribution >= 4 is 24.2 Å². The van der Waals surface area contributed by atoms with Gasteiger partial charge in [0.1, 0.15) is 5.75 Å². The van der Waals surface area contributed by atoms with Crippen LogP contribution < -0.4 is 15.8 Å². The molecule has 1 aliphatic rings. The third kappa shape index (κ3) is 6.47. The number of piperidine rings is 1. The molecule has 1 fully saturated rings. The van der Waals surface area contributed by atoms with E-state index in [1.165, 1.54) is 0 Å². The highest BCUT2D eigenvalue weighted by Crippen LogP contribution is 2.20. The number of benzene rings is 2. The summed E-state index contributed by atoms with van der Waals surface area (Å²) in [4.78, 5) is 26.9. The molecular weight excluding hydrogens is 402 g/mol. The van der Waals surface area contributed by atoms with Gasteiger partial charge in [-0.05, 0) is 30.9 Å². The first kappa shape index (κ1) is 23.7. The third-order valence-electron chi connectivity index (χ3n) is 5.36. The van der Waals surface area contributed by atoms with Gasteiger partial charge in [0.15, 0.2) is 0 Å². The smallest absolute Gasteiger partial charge is 0.237 e. The van der Waals surface area contributed by atoms with Crippen molar-refractivity contribution in [3.63, 3.8) is 0 Å². The molecule has 6 nitrogen and oxygen atoms in total. The average molecular weight is 432 g/mol. The normalized spacial score (nSPS) is 15.1. The quantitative estimate of drug-likeness (QED) is 0.704. The molecule has 1 aliphatic heterocycles. The van der Waals surface area contributed by atoms with E-state index in [9.17, 15) is 9.59 Å². The number of rotatable bonds is 7. The Bertz CT molecular complexity index is 823. The minimum Gasteiger partial charge on any atom is -0.496 e. The second kappa shape index (κ2) is 11.6. The molecule has 1 atom stereocenters. The predicted octanol–water partition coefficient (Wildman–Crippen LogP) is 2.34. The zero-order valence-electron chi connectivity index (χ0n) is 17.3. The summed E-state index contributed by atoms with van der Waals surface area (Å²) in [6.07, 6.45) is 2.31. The molecule has 30 heavy (non-hydrogen) atoms. The van der Waals surface area contributed by atoms with Crippen LogP contribution in [0.1, 0.15) is 24.0 Å². The fourth-order valence-electron chi connectivity index (χ4n) is 3.67. The van der Waals surface area contributed by atoms with Crippen LogP contribution in [0.2, 0.25) is 0 Å². The first-order valence-corrected chi connectivity index (χ1v) is 10.1. The fourth-order valence-corrected chi connectivity index (χ4v) is 3.67. The lowest BCUT2D eigenvalue weighted by Crippen LogP contribution is -2.51. The molecule has 0 radical (unpaired) electrons. The topological polar surface area (TPSA) is 84.7 Å². The van der Waals surface area contributed by atoms with Crippen molar-refractivity contribution in [2.45, 2.75) is 37.8 Å². The number of para-hydroxylation sites is 1. The van der Waals surface area contributed by atoms with Crippen LogP contribution in [0.25, 0.3) is 0 Å². The standard InChI is InChI=1S/C23H29N3O3.ClH/c1-29-21-10-6-5-9-18(21)16-22(27)26-13-11-19(12-14-26)25-23(28)20(24)15-17-7-3-2-4-8-17;/h2-10,19-20H,11-16,24H2,1H3,(H,25,28);1H/t20-;/m0./s1. The van der Waals surface area contributed by atoms with Crippen LogP contribution >= 0.6 is 12.4 Å². The molecule has 0 saturated carbocycles. The highest BCUT2D eigenvalue weighted by Gasteiger charge is 2.26. The van der Waals surface area contributed by atoms with E-state index in [0.717, 1.165) is 29.7 Å². The number of likely N-dealkylation sites (tertiary alicyclic amines) is 1. The SMILES string of the molecule is COc1ccccc1CC(=O)N1CCC(NC(=O)[C@@H](N)Cc2ccccc2)CC1.Cl. The van der Waals surface area contributed by atoms with Gasteiger partial charge in [0.05, 0.1) is 19.6 Å². The van der Waals surface area contributed by atoms with Crippen LogP contribution in [-0.2, 0) is 22.4 Å². The predicted molar refractivity (Wildman–Crippen MR) is 120 cm³/mol. The van der Waals surface area contributed by atoms with Crippen molar-refractivity contribution in [1.29, 1.82) is 0 Å². The third-order valence-corrected chi connectivity index (χ3v) is 5.36. The van der Waals surface area contributed by atoms with Gasteiger partial charge in [0, 0.05) is 24.7 Å². The van der Waals surface area contributed by atoms with Crippen LogP contribution in [0.4, 0.5) is 0 Å². The minimum absolute atomic E-state index is 0. The molecule has 2 aromatic rings. The van der Waals surface area contributed by atoms with E-state index in [1.54, 1.807) is 7.11 Å². The van der Waals surface area contributed by atoms with E-state index < -0.39 is 6.04 Å². The van der Waals surface area contributed by atoms with Gasteiger partial charge in [-0.25, -0.2) is 0 Å². The number of carbonyl (C=O) groups excluding carboxylic acids is 2. The Morgan fingerprint density at radius 2 is 1.73 bits per heavy atom. The number of ether oxygens (including phenoxy) is 1. The van der Waals surface area contributed by atoms with E-state index >= 15 is 0 Å². The lowest BCUT2D eigenvalue weighted by atomic mass is 10.0. The van der Waals surface area contributed by atoms with Crippen molar-refractivity contribution in [1.82, 2.24) is 10.2 Å². The Balaban J connectivity index is 0.00000320. The van der Waals surface area contributed by atoms with Crippen LogP contribution in [0, 0.1) is 0 Å². The van der Waals surface area contributed by atoms with Gasteiger partial charge in [-0.1, -0.05) is 48.5 Å². The molecule has 162 valence electrons.